The lowest BCUT2D eigenvalue weighted by molar-refractivity contribution is -0.311. The molecule has 0 aromatic carbocycles. The monoisotopic (exact) mass is 128 g/mol. The van der Waals surface area contributed by atoms with E-state index in [9.17, 15) is 14.7 Å². The lowest BCUT2D eigenvalue weighted by Gasteiger charge is -2.09. The summed E-state index contributed by atoms with van der Waals surface area (Å²) in [4.78, 5) is 20.4. The number of rotatable bonds is 2. The quantitative estimate of drug-likeness (QED) is 0.436. The summed E-state index contributed by atoms with van der Waals surface area (Å²) in [6, 6.07) is 0. The molecule has 1 rings (SSSR count). The maximum Gasteiger partial charge on any atom is 0.229 e. The van der Waals surface area contributed by atoms with Gasteiger partial charge in [0.2, 0.25) is 5.91 Å². The fourth-order valence-corrected chi connectivity index (χ4v) is 0.676. The third kappa shape index (κ3) is 0.667. The number of hydrogen-bond donors (Lipinski definition) is 1. The van der Waals surface area contributed by atoms with Gasteiger partial charge in [0.25, 0.3) is 0 Å². The Labute approximate surface area is 51.7 Å². The summed E-state index contributed by atoms with van der Waals surface area (Å²) < 4.78 is 0. The lowest BCUT2D eigenvalue weighted by atomic mass is 10.1. The number of nitrogens with two attached hydrogens (primary N) is 1. The molecule has 0 saturated heterocycles. The second-order valence-corrected chi connectivity index (χ2v) is 2.23. The average Bonchev–Trinajstić information content (AvgIpc) is 2.40. The molecule has 0 unspecified atom stereocenters. The van der Waals surface area contributed by atoms with Crippen LogP contribution in [0.1, 0.15) is 12.8 Å². The predicted octanol–water partition coefficient (Wildman–Crippen LogP) is -2.00. The second-order valence-electron chi connectivity index (χ2n) is 2.23. The molecular weight excluding hydrogens is 122 g/mol. The van der Waals surface area contributed by atoms with Gasteiger partial charge in [0, 0.05) is 0 Å². The Bertz CT molecular complexity index is 155. The van der Waals surface area contributed by atoms with E-state index in [0.717, 1.165) is 0 Å². The van der Waals surface area contributed by atoms with Crippen LogP contribution in [0.5, 0.6) is 0 Å². The van der Waals surface area contributed by atoms with Crippen molar-refractivity contribution in [3.05, 3.63) is 0 Å². The van der Waals surface area contributed by atoms with Gasteiger partial charge in [0.15, 0.2) is 0 Å². The van der Waals surface area contributed by atoms with Gasteiger partial charge in [-0.25, -0.2) is 0 Å². The molecule has 1 fully saturated rings. The van der Waals surface area contributed by atoms with Crippen molar-refractivity contribution in [1.82, 2.24) is 0 Å². The number of hydrogen-bond acceptors (Lipinski definition) is 3. The predicted molar refractivity (Wildman–Crippen MR) is 25.9 cm³/mol. The number of primary amides is 1. The first-order chi connectivity index (χ1) is 4.09. The first-order valence-corrected chi connectivity index (χ1v) is 2.61. The summed E-state index contributed by atoms with van der Waals surface area (Å²) in [5, 5.41) is 10.1. The van der Waals surface area contributed by atoms with Crippen molar-refractivity contribution in [3.8, 4) is 0 Å². The third-order valence-electron chi connectivity index (χ3n) is 1.61. The molecule has 9 heavy (non-hydrogen) atoms. The number of carboxylic acid groups (broad SMARTS) is 1. The van der Waals surface area contributed by atoms with E-state index >= 15 is 0 Å². The minimum atomic E-state index is -1.34. The van der Waals surface area contributed by atoms with E-state index in [1.165, 1.54) is 0 Å². The van der Waals surface area contributed by atoms with Crippen LogP contribution in [-0.2, 0) is 9.59 Å². The summed E-state index contributed by atoms with van der Waals surface area (Å²) in [6.07, 6.45) is 0.676. The van der Waals surface area contributed by atoms with Crippen LogP contribution in [0.25, 0.3) is 0 Å². The van der Waals surface area contributed by atoms with Gasteiger partial charge in [-0.3, -0.25) is 4.79 Å². The molecule has 0 aromatic heterocycles. The van der Waals surface area contributed by atoms with E-state index in [4.69, 9.17) is 5.73 Å². The van der Waals surface area contributed by atoms with Gasteiger partial charge in [-0.15, -0.1) is 0 Å². The van der Waals surface area contributed by atoms with E-state index in [1.54, 1.807) is 0 Å². The number of carbonyl (C=O) groups excluding carboxylic acids is 2. The first kappa shape index (κ1) is 6.07. The molecule has 0 spiro atoms. The molecule has 0 radical (unpaired) electrons. The van der Waals surface area contributed by atoms with E-state index in [-0.39, 0.29) is 0 Å². The number of amides is 1. The number of aliphatic carboxylic acids is 1. The number of carboxylic acids is 1. The standard InChI is InChI=1S/C5H7NO3/c6-3(7)5(1-2-5)4(8)9/h1-2H2,(H2,6,7)(H,8,9)/p-1. The van der Waals surface area contributed by atoms with Gasteiger partial charge in [0.05, 0.1) is 11.4 Å². The Morgan fingerprint density at radius 1 is 1.44 bits per heavy atom. The van der Waals surface area contributed by atoms with Gasteiger partial charge in [0.1, 0.15) is 0 Å². The summed E-state index contributed by atoms with van der Waals surface area (Å²) in [5.41, 5.74) is 3.47. The van der Waals surface area contributed by atoms with E-state index < -0.39 is 17.3 Å². The van der Waals surface area contributed by atoms with Crippen LogP contribution >= 0.6 is 0 Å². The average molecular weight is 128 g/mol. The minimum absolute atomic E-state index is 0.338. The molecule has 1 aliphatic carbocycles. The highest BCUT2D eigenvalue weighted by Gasteiger charge is 2.50. The third-order valence-corrected chi connectivity index (χ3v) is 1.61. The highest BCUT2D eigenvalue weighted by Crippen LogP contribution is 2.44. The Morgan fingerprint density at radius 2 is 1.89 bits per heavy atom. The summed E-state index contributed by atoms with van der Waals surface area (Å²) >= 11 is 0. The molecule has 0 atom stereocenters. The fraction of sp³-hybridized carbons (Fsp3) is 0.600. The van der Waals surface area contributed by atoms with Crippen LogP contribution in [-0.4, -0.2) is 11.9 Å². The van der Waals surface area contributed by atoms with Crippen molar-refractivity contribution >= 4 is 11.9 Å². The largest absolute Gasteiger partial charge is 0.549 e. The molecule has 4 nitrogen and oxygen atoms in total. The Morgan fingerprint density at radius 3 is 1.89 bits per heavy atom. The molecule has 0 aliphatic heterocycles. The summed E-state index contributed by atoms with van der Waals surface area (Å²) in [7, 11) is 0. The van der Waals surface area contributed by atoms with E-state index in [1.807, 2.05) is 0 Å². The smallest absolute Gasteiger partial charge is 0.229 e. The molecule has 0 aromatic rings. The molecule has 50 valence electrons. The maximum absolute atomic E-state index is 10.3. The summed E-state index contributed by atoms with van der Waals surface area (Å²) in [6.45, 7) is 0. The van der Waals surface area contributed by atoms with Crippen LogP contribution in [0.3, 0.4) is 0 Å². The van der Waals surface area contributed by atoms with Crippen molar-refractivity contribution < 1.29 is 14.7 Å². The lowest BCUT2D eigenvalue weighted by Crippen LogP contribution is -2.41. The molecular formula is C5H6NO3-. The summed E-state index contributed by atoms with van der Waals surface area (Å²) in [5.74, 6) is -2.11. The second kappa shape index (κ2) is 1.46. The molecule has 2 N–H and O–H groups in total. The molecule has 4 heteroatoms. The van der Waals surface area contributed by atoms with Crippen LogP contribution in [0, 0.1) is 5.41 Å². The van der Waals surface area contributed by atoms with Crippen LogP contribution in [0.4, 0.5) is 0 Å². The Balaban J connectivity index is 2.75. The van der Waals surface area contributed by atoms with Gasteiger partial charge < -0.3 is 15.6 Å². The van der Waals surface area contributed by atoms with Crippen molar-refractivity contribution in [3.63, 3.8) is 0 Å². The van der Waals surface area contributed by atoms with Gasteiger partial charge in [-0.05, 0) is 12.8 Å². The fourth-order valence-electron chi connectivity index (χ4n) is 0.676. The van der Waals surface area contributed by atoms with Crippen LogP contribution in [0.15, 0.2) is 0 Å². The molecule has 1 aliphatic rings. The highest BCUT2D eigenvalue weighted by molar-refractivity contribution is 6.03. The van der Waals surface area contributed by atoms with Gasteiger partial charge in [-0.1, -0.05) is 0 Å². The van der Waals surface area contributed by atoms with Crippen LogP contribution < -0.4 is 10.8 Å². The number of carbonyl (C=O) groups is 2. The van der Waals surface area contributed by atoms with E-state index in [2.05, 4.69) is 0 Å². The van der Waals surface area contributed by atoms with Gasteiger partial charge >= 0.3 is 0 Å². The first-order valence-electron chi connectivity index (χ1n) is 2.61. The van der Waals surface area contributed by atoms with Crippen molar-refractivity contribution in [2.24, 2.45) is 11.1 Å². The topological polar surface area (TPSA) is 83.2 Å². The van der Waals surface area contributed by atoms with E-state index in [0.29, 0.717) is 12.8 Å². The SMILES string of the molecule is NC(=O)C1(C(=O)[O-])CC1. The molecule has 0 bridgehead atoms. The highest BCUT2D eigenvalue weighted by atomic mass is 16.4. The molecule has 1 saturated carbocycles. The van der Waals surface area contributed by atoms with Crippen molar-refractivity contribution in [2.45, 2.75) is 12.8 Å². The zero-order valence-electron chi connectivity index (χ0n) is 4.72. The van der Waals surface area contributed by atoms with Crippen LogP contribution in [0.2, 0.25) is 0 Å². The minimum Gasteiger partial charge on any atom is -0.549 e. The Hall–Kier alpha value is -1.06. The zero-order chi connectivity index (χ0) is 7.07. The van der Waals surface area contributed by atoms with Crippen molar-refractivity contribution in [1.29, 1.82) is 0 Å². The molecule has 1 amide bonds. The Kier molecular flexibility index (Phi) is 0.986. The zero-order valence-corrected chi connectivity index (χ0v) is 4.72. The maximum atomic E-state index is 10.3. The van der Waals surface area contributed by atoms with Crippen molar-refractivity contribution in [2.75, 3.05) is 0 Å². The normalized spacial score (nSPS) is 20.9. The molecule has 0 heterocycles. The van der Waals surface area contributed by atoms with Gasteiger partial charge in [-0.2, -0.15) is 0 Å².